The van der Waals surface area contributed by atoms with Gasteiger partial charge in [-0.25, -0.2) is 15.0 Å². The van der Waals surface area contributed by atoms with Gasteiger partial charge < -0.3 is 0 Å². The number of benzene rings is 7. The molecule has 58 heavy (non-hydrogen) atoms. The second-order valence-electron chi connectivity index (χ2n) is 17.3. The average molecular weight is 746 g/mol. The van der Waals surface area contributed by atoms with Crippen LogP contribution >= 0.6 is 0 Å². The Bertz CT molecular complexity index is 2740. The highest BCUT2D eigenvalue weighted by molar-refractivity contribution is 5.87. The summed E-state index contributed by atoms with van der Waals surface area (Å²) in [5.41, 5.74) is 16.2. The minimum absolute atomic E-state index is 0.104. The molecule has 4 saturated carbocycles. The van der Waals surface area contributed by atoms with Crippen molar-refractivity contribution in [1.29, 1.82) is 0 Å². The minimum Gasteiger partial charge on any atom is -0.208 e. The first-order valence-electron chi connectivity index (χ1n) is 21.1. The number of hydrogen-bond acceptors (Lipinski definition) is 3. The summed E-state index contributed by atoms with van der Waals surface area (Å²) in [5.74, 6) is 5.24. The summed E-state index contributed by atoms with van der Waals surface area (Å²) in [6.45, 7) is 0. The zero-order valence-corrected chi connectivity index (χ0v) is 32.4. The maximum Gasteiger partial charge on any atom is 0.164 e. The molecule has 1 aromatic heterocycles. The predicted octanol–water partition coefficient (Wildman–Crippen LogP) is 13.6. The van der Waals surface area contributed by atoms with Crippen molar-refractivity contribution in [1.82, 2.24) is 15.0 Å². The van der Waals surface area contributed by atoms with Crippen LogP contribution in [0.1, 0.15) is 43.2 Å². The number of aromatic nitrogens is 3. The van der Waals surface area contributed by atoms with E-state index < -0.39 is 0 Å². The molecule has 0 unspecified atom stereocenters. The van der Waals surface area contributed by atoms with Gasteiger partial charge in [0.15, 0.2) is 17.5 Å². The van der Waals surface area contributed by atoms with E-state index in [1.807, 2.05) is 36.4 Å². The molecule has 4 fully saturated rings. The lowest BCUT2D eigenvalue weighted by atomic mass is 9.43. The van der Waals surface area contributed by atoms with Crippen LogP contribution < -0.4 is 0 Å². The van der Waals surface area contributed by atoms with Gasteiger partial charge in [0.2, 0.25) is 0 Å². The summed E-state index contributed by atoms with van der Waals surface area (Å²) in [6, 6.07) is 63.9. The molecule has 4 bridgehead atoms. The van der Waals surface area contributed by atoms with E-state index in [-0.39, 0.29) is 5.41 Å². The highest BCUT2D eigenvalue weighted by atomic mass is 15.0. The third kappa shape index (κ3) is 5.36. The molecule has 0 atom stereocenters. The lowest BCUT2D eigenvalue weighted by Gasteiger charge is -2.61. The van der Waals surface area contributed by atoms with Crippen LogP contribution in [0, 0.1) is 23.7 Å². The van der Waals surface area contributed by atoms with Crippen LogP contribution in [0.5, 0.6) is 0 Å². The Labute approximate surface area is 340 Å². The first-order valence-corrected chi connectivity index (χ1v) is 21.1. The smallest absolute Gasteiger partial charge is 0.164 e. The molecule has 0 amide bonds. The van der Waals surface area contributed by atoms with Crippen molar-refractivity contribution >= 4 is 0 Å². The quantitative estimate of drug-likeness (QED) is 0.170. The van der Waals surface area contributed by atoms with Crippen molar-refractivity contribution in [2.24, 2.45) is 23.7 Å². The minimum atomic E-state index is 0.104. The van der Waals surface area contributed by atoms with Crippen molar-refractivity contribution < 1.29 is 0 Å². The van der Waals surface area contributed by atoms with Crippen LogP contribution in [0.2, 0.25) is 0 Å². The van der Waals surface area contributed by atoms with Crippen LogP contribution in [-0.2, 0) is 5.41 Å². The molecule has 5 aliphatic rings. The summed E-state index contributed by atoms with van der Waals surface area (Å²) >= 11 is 0. The van der Waals surface area contributed by atoms with Crippen molar-refractivity contribution in [3.63, 3.8) is 0 Å². The third-order valence-corrected chi connectivity index (χ3v) is 14.1. The van der Waals surface area contributed by atoms with Crippen molar-refractivity contribution in [2.45, 2.75) is 37.5 Å². The molecule has 1 spiro atoms. The Morgan fingerprint density at radius 3 is 1.31 bits per heavy atom. The predicted molar refractivity (Wildman–Crippen MR) is 236 cm³/mol. The monoisotopic (exact) mass is 745 g/mol. The van der Waals surface area contributed by atoms with Crippen LogP contribution in [-0.4, -0.2) is 15.0 Å². The lowest BCUT2D eigenvalue weighted by molar-refractivity contribution is -0.0399. The molecule has 1 heterocycles. The summed E-state index contributed by atoms with van der Waals surface area (Å²) in [4.78, 5) is 15.4. The van der Waals surface area contributed by atoms with Gasteiger partial charge in [0, 0.05) is 22.1 Å². The fraction of sp³-hybridized carbons (Fsp3) is 0.182. The largest absolute Gasteiger partial charge is 0.208 e. The van der Waals surface area contributed by atoms with Crippen molar-refractivity contribution in [3.05, 3.63) is 187 Å². The maximum atomic E-state index is 5.20. The fourth-order valence-corrected chi connectivity index (χ4v) is 11.8. The van der Waals surface area contributed by atoms with E-state index in [0.29, 0.717) is 29.3 Å². The normalized spacial score (nSPS) is 22.2. The van der Waals surface area contributed by atoms with Gasteiger partial charge in [-0.15, -0.1) is 0 Å². The SMILES string of the molecule is c1ccc(-c2ccc(-c3cc(-c4ccc5c(c4)C4(c6ccccc6-5)C5CC6CC(C5)CC4C6)cc(-c4nc(-c5ccccc5)nc(-c5ccccc5)n4)c3)cc2)cc1. The summed E-state index contributed by atoms with van der Waals surface area (Å²) < 4.78 is 0. The fourth-order valence-electron chi connectivity index (χ4n) is 11.8. The van der Waals surface area contributed by atoms with Crippen LogP contribution in [0.3, 0.4) is 0 Å². The molecule has 3 nitrogen and oxygen atoms in total. The molecule has 0 N–H and O–H groups in total. The molecule has 7 aromatic carbocycles. The van der Waals surface area contributed by atoms with Gasteiger partial charge in [0.05, 0.1) is 0 Å². The van der Waals surface area contributed by atoms with Crippen LogP contribution in [0.15, 0.2) is 176 Å². The molecule has 13 rings (SSSR count). The Hall–Kier alpha value is -6.45. The van der Waals surface area contributed by atoms with Gasteiger partial charge in [-0.2, -0.15) is 0 Å². The van der Waals surface area contributed by atoms with Gasteiger partial charge in [-0.05, 0) is 136 Å². The zero-order valence-electron chi connectivity index (χ0n) is 32.4. The second kappa shape index (κ2) is 13.3. The van der Waals surface area contributed by atoms with Crippen LogP contribution in [0.4, 0.5) is 0 Å². The van der Waals surface area contributed by atoms with Gasteiger partial charge >= 0.3 is 0 Å². The van der Waals surface area contributed by atoms with Gasteiger partial charge in [-0.3, -0.25) is 0 Å². The van der Waals surface area contributed by atoms with E-state index in [1.165, 1.54) is 65.5 Å². The molecular weight excluding hydrogens is 703 g/mol. The van der Waals surface area contributed by atoms with Gasteiger partial charge in [0.1, 0.15) is 0 Å². The standard InChI is InChI=1S/C55H43N3/c1-4-12-37(13-5-1)38-20-22-39(23-21-38)43-31-44(33-45(32-43)54-57-52(40-14-6-2-7-15-40)56-53(58-54)41-16-8-3-9-17-41)42-24-25-49-48-18-10-11-19-50(48)55(51(49)34-42)46-27-35-26-36(29-46)30-47(55)28-35/h1-25,31-36,46-47H,26-30H2. The third-order valence-electron chi connectivity index (χ3n) is 14.1. The molecule has 3 heteroatoms. The summed E-state index contributed by atoms with van der Waals surface area (Å²) in [6.07, 6.45) is 6.94. The Kier molecular flexibility index (Phi) is 7.73. The Morgan fingerprint density at radius 1 is 0.310 bits per heavy atom. The first kappa shape index (κ1) is 33.7. The molecule has 0 aliphatic heterocycles. The van der Waals surface area contributed by atoms with Gasteiger partial charge in [-0.1, -0.05) is 152 Å². The first-order chi connectivity index (χ1) is 28.7. The van der Waals surface area contributed by atoms with Crippen molar-refractivity contribution in [3.8, 4) is 78.7 Å². The molecule has 0 saturated heterocycles. The molecule has 0 radical (unpaired) electrons. The Morgan fingerprint density at radius 2 is 0.724 bits per heavy atom. The van der Waals surface area contributed by atoms with Gasteiger partial charge in [0.25, 0.3) is 0 Å². The van der Waals surface area contributed by atoms with E-state index in [1.54, 1.807) is 11.1 Å². The van der Waals surface area contributed by atoms with E-state index in [2.05, 4.69) is 140 Å². The topological polar surface area (TPSA) is 38.7 Å². The van der Waals surface area contributed by atoms with Crippen LogP contribution in [0.25, 0.3) is 78.7 Å². The summed E-state index contributed by atoms with van der Waals surface area (Å²) in [7, 11) is 0. The number of nitrogens with zero attached hydrogens (tertiary/aromatic N) is 3. The second-order valence-corrected chi connectivity index (χ2v) is 17.3. The highest BCUT2D eigenvalue weighted by Gasteiger charge is 2.61. The molecule has 5 aliphatic carbocycles. The highest BCUT2D eigenvalue weighted by Crippen LogP contribution is 2.69. The molecular formula is C55H43N3. The van der Waals surface area contributed by atoms with E-state index in [4.69, 9.17) is 15.0 Å². The Balaban J connectivity index is 1.05. The lowest BCUT2D eigenvalue weighted by Crippen LogP contribution is -2.55. The summed E-state index contributed by atoms with van der Waals surface area (Å²) in [5, 5.41) is 0. The van der Waals surface area contributed by atoms with Crippen molar-refractivity contribution in [2.75, 3.05) is 0 Å². The molecule has 278 valence electrons. The molecule has 8 aromatic rings. The maximum absolute atomic E-state index is 5.20. The van der Waals surface area contributed by atoms with E-state index in [9.17, 15) is 0 Å². The number of rotatable bonds is 6. The number of fused-ring (bicyclic) bond motifs is 3. The number of hydrogen-bond donors (Lipinski definition) is 0. The zero-order chi connectivity index (χ0) is 38.2. The average Bonchev–Trinajstić information content (AvgIpc) is 3.58. The van der Waals surface area contributed by atoms with E-state index in [0.717, 1.165) is 39.7 Å². The van der Waals surface area contributed by atoms with E-state index >= 15 is 0 Å².